The van der Waals surface area contributed by atoms with Crippen LogP contribution in [0.15, 0.2) is 82.6 Å². The third-order valence-electron chi connectivity index (χ3n) is 6.69. The molecule has 4 rings (SSSR count). The zero-order valence-corrected chi connectivity index (χ0v) is 24.8. The minimum atomic E-state index is -4.16. The topological polar surface area (TPSA) is 110 Å². The van der Waals surface area contributed by atoms with E-state index in [0.29, 0.717) is 10.8 Å². The third-order valence-corrected chi connectivity index (χ3v) is 10.6. The smallest absolute Gasteiger partial charge is 0.414 e. The highest BCUT2D eigenvalue weighted by Crippen LogP contribution is 2.34. The van der Waals surface area contributed by atoms with Crippen LogP contribution in [0.5, 0.6) is 0 Å². The number of anilines is 2. The summed E-state index contributed by atoms with van der Waals surface area (Å²) in [5, 5.41) is 2.38. The summed E-state index contributed by atoms with van der Waals surface area (Å²) in [5.74, 6) is 0. The summed E-state index contributed by atoms with van der Waals surface area (Å²) in [5.41, 5.74) is -1.62. The lowest BCUT2D eigenvalue weighted by atomic mass is 10.1. The van der Waals surface area contributed by atoms with Gasteiger partial charge in [0.15, 0.2) is 0 Å². The Morgan fingerprint density at radius 2 is 0.900 bits per heavy atom. The molecule has 0 heterocycles. The summed E-state index contributed by atoms with van der Waals surface area (Å²) in [4.78, 5) is 16.4. The maximum atomic E-state index is 13.4. The molecule has 9 nitrogen and oxygen atoms in total. The van der Waals surface area contributed by atoms with Crippen molar-refractivity contribution in [2.24, 2.45) is 0 Å². The molecule has 40 heavy (non-hydrogen) atoms. The molecule has 11 heteroatoms. The number of ether oxygens (including phenoxy) is 2. The lowest BCUT2D eigenvalue weighted by molar-refractivity contribution is 0.0430. The van der Waals surface area contributed by atoms with Crippen molar-refractivity contribution in [1.82, 2.24) is 0 Å². The van der Waals surface area contributed by atoms with E-state index in [2.05, 4.69) is 0 Å². The molecule has 0 fully saturated rings. The Balaban J connectivity index is 1.58. The molecule has 2 unspecified atom stereocenters. The van der Waals surface area contributed by atoms with Gasteiger partial charge in [-0.1, -0.05) is 48.5 Å². The van der Waals surface area contributed by atoms with Gasteiger partial charge in [0.25, 0.3) is 0 Å². The molecule has 0 radical (unpaired) electrons. The van der Waals surface area contributed by atoms with Crippen molar-refractivity contribution in [3.63, 3.8) is 0 Å². The molecule has 0 bridgehead atoms. The molecule has 0 N–H and O–H groups in total. The molecule has 0 saturated carbocycles. The van der Waals surface area contributed by atoms with Crippen LogP contribution in [0.1, 0.15) is 13.8 Å². The van der Waals surface area contributed by atoms with Crippen molar-refractivity contribution < 1.29 is 31.1 Å². The molecule has 212 valence electrons. The number of nitrogens with zero attached hydrogens (tertiary/aromatic N) is 2. The molecule has 0 aliphatic carbocycles. The maximum Gasteiger partial charge on any atom is 0.510 e. The van der Waals surface area contributed by atoms with Crippen LogP contribution in [0.25, 0.3) is 21.5 Å². The van der Waals surface area contributed by atoms with E-state index in [-0.39, 0.29) is 9.79 Å². The van der Waals surface area contributed by atoms with E-state index in [1.165, 1.54) is 26.0 Å². The van der Waals surface area contributed by atoms with Gasteiger partial charge in [0, 0.05) is 61.1 Å². The standard InChI is InChI=1S/C29H32N2O7S2/c1-19(39(33,34)27-17-9-11-21-23(27)13-7-15-25(21)30(3)4)37-29(32)38-20(2)40(35,36)28-18-10-12-22-24(28)14-8-16-26(22)31(5)6/h7-20H,1-6H3. The second-order valence-electron chi connectivity index (χ2n) is 9.76. The predicted octanol–water partition coefficient (Wildman–Crippen LogP) is 5.22. The minimum Gasteiger partial charge on any atom is -0.414 e. The second-order valence-corrected chi connectivity index (χ2v) is 14.1. The number of carbonyl (C=O) groups is 1. The van der Waals surface area contributed by atoms with Crippen molar-refractivity contribution in [2.45, 2.75) is 34.5 Å². The second kappa shape index (κ2) is 11.0. The van der Waals surface area contributed by atoms with Gasteiger partial charge in [-0.15, -0.1) is 0 Å². The molecule has 0 spiro atoms. The average molecular weight is 585 g/mol. The van der Waals surface area contributed by atoms with Gasteiger partial charge in [-0.3, -0.25) is 0 Å². The van der Waals surface area contributed by atoms with Gasteiger partial charge in [-0.05, 0) is 38.1 Å². The maximum absolute atomic E-state index is 13.4. The van der Waals surface area contributed by atoms with E-state index in [1.807, 2.05) is 62.3 Å². The number of benzene rings is 4. The number of sulfone groups is 2. The lowest BCUT2D eigenvalue weighted by Crippen LogP contribution is -2.30. The Hall–Kier alpha value is -3.83. The first-order chi connectivity index (χ1) is 18.8. The van der Waals surface area contributed by atoms with Gasteiger partial charge < -0.3 is 19.3 Å². The molecule has 0 aromatic heterocycles. The van der Waals surface area contributed by atoms with Crippen LogP contribution in [0.3, 0.4) is 0 Å². The molecule has 2 atom stereocenters. The lowest BCUT2D eigenvalue weighted by Gasteiger charge is -2.20. The molecule has 4 aromatic carbocycles. The Labute approximate surface area is 234 Å². The summed E-state index contributed by atoms with van der Waals surface area (Å²) in [7, 11) is -0.914. The Bertz CT molecular complexity index is 1670. The largest absolute Gasteiger partial charge is 0.510 e. The molecule has 0 saturated heterocycles. The normalized spacial score (nSPS) is 13.6. The first-order valence-electron chi connectivity index (χ1n) is 12.5. The Kier molecular flexibility index (Phi) is 8.00. The van der Waals surface area contributed by atoms with Crippen molar-refractivity contribution in [3.8, 4) is 0 Å². The van der Waals surface area contributed by atoms with Crippen LogP contribution in [-0.2, 0) is 29.1 Å². The molecule has 0 aliphatic rings. The molecular weight excluding hydrogens is 552 g/mol. The van der Waals surface area contributed by atoms with E-state index in [4.69, 9.17) is 9.47 Å². The van der Waals surface area contributed by atoms with Crippen molar-refractivity contribution in [2.75, 3.05) is 38.0 Å². The van der Waals surface area contributed by atoms with Crippen molar-refractivity contribution in [1.29, 1.82) is 0 Å². The van der Waals surface area contributed by atoms with Crippen LogP contribution in [0.2, 0.25) is 0 Å². The molecule has 0 amide bonds. The fourth-order valence-corrected chi connectivity index (χ4v) is 7.22. The van der Waals surface area contributed by atoms with Crippen LogP contribution in [0, 0.1) is 0 Å². The van der Waals surface area contributed by atoms with E-state index in [0.717, 1.165) is 22.1 Å². The van der Waals surface area contributed by atoms with Gasteiger partial charge in [-0.25, -0.2) is 21.6 Å². The monoisotopic (exact) mass is 584 g/mol. The van der Waals surface area contributed by atoms with Gasteiger partial charge in [0.1, 0.15) is 0 Å². The summed E-state index contributed by atoms with van der Waals surface area (Å²) in [6.45, 7) is 2.41. The average Bonchev–Trinajstić information content (AvgIpc) is 2.91. The summed E-state index contributed by atoms with van der Waals surface area (Å²) >= 11 is 0. The first kappa shape index (κ1) is 29.2. The van der Waals surface area contributed by atoms with Crippen LogP contribution >= 0.6 is 0 Å². The van der Waals surface area contributed by atoms with Gasteiger partial charge >= 0.3 is 6.16 Å². The van der Waals surface area contributed by atoms with Crippen LogP contribution in [0.4, 0.5) is 16.2 Å². The highest BCUT2D eigenvalue weighted by atomic mass is 32.2. The van der Waals surface area contributed by atoms with E-state index in [1.54, 1.807) is 36.4 Å². The number of carbonyl (C=O) groups excluding carboxylic acids is 1. The fourth-order valence-electron chi connectivity index (χ4n) is 4.59. The van der Waals surface area contributed by atoms with Gasteiger partial charge in [0.2, 0.25) is 30.5 Å². The van der Waals surface area contributed by atoms with E-state index in [9.17, 15) is 21.6 Å². The van der Waals surface area contributed by atoms with Crippen molar-refractivity contribution in [3.05, 3.63) is 72.8 Å². The Morgan fingerprint density at radius 3 is 1.25 bits per heavy atom. The number of hydrogen-bond acceptors (Lipinski definition) is 9. The number of rotatable bonds is 8. The minimum absolute atomic E-state index is 0.0119. The van der Waals surface area contributed by atoms with E-state index >= 15 is 0 Å². The van der Waals surface area contributed by atoms with Gasteiger partial charge in [0.05, 0.1) is 9.79 Å². The molecule has 0 aliphatic heterocycles. The molecule has 4 aromatic rings. The first-order valence-corrected chi connectivity index (χ1v) is 15.6. The quantitative estimate of drug-likeness (QED) is 0.258. The predicted molar refractivity (Wildman–Crippen MR) is 157 cm³/mol. The van der Waals surface area contributed by atoms with Crippen LogP contribution < -0.4 is 9.80 Å². The SMILES string of the molecule is CC(OC(=O)OC(C)S(=O)(=O)c1cccc2c(N(C)C)cccc12)S(=O)(=O)c1cccc2c(N(C)C)cccc12. The third kappa shape index (κ3) is 5.31. The zero-order chi connectivity index (χ0) is 29.4. The highest BCUT2D eigenvalue weighted by molar-refractivity contribution is 7.92. The summed E-state index contributed by atoms with van der Waals surface area (Å²) in [6.07, 6.45) is -1.41. The van der Waals surface area contributed by atoms with E-state index < -0.39 is 36.7 Å². The van der Waals surface area contributed by atoms with Crippen molar-refractivity contribution >= 4 is 58.7 Å². The Morgan fingerprint density at radius 1 is 0.575 bits per heavy atom. The molecular formula is C29H32N2O7S2. The fraction of sp³-hybridized carbons (Fsp3) is 0.276. The highest BCUT2D eigenvalue weighted by Gasteiger charge is 2.33. The number of fused-ring (bicyclic) bond motifs is 2. The summed E-state index contributed by atoms with van der Waals surface area (Å²) < 4.78 is 63.9. The number of hydrogen-bond donors (Lipinski definition) is 0. The van der Waals surface area contributed by atoms with Gasteiger partial charge in [-0.2, -0.15) is 0 Å². The summed E-state index contributed by atoms with van der Waals surface area (Å²) in [6, 6.07) is 20.3. The zero-order valence-electron chi connectivity index (χ0n) is 23.2. The van der Waals surface area contributed by atoms with Crippen LogP contribution in [-0.4, -0.2) is 62.1 Å².